The highest BCUT2D eigenvalue weighted by Gasteiger charge is 2.11. The standard InChI is InChI=1S/C18H20F2N4O2.HI/c1-3-21-18(22-11-13-5-4-6-15(9-13)24(25)26)23-12(2)14-7-8-16(19)17(20)10-14;/h4-10,12H,3,11H2,1-2H3,(H2,21,22,23);1H. The molecule has 2 aromatic carbocycles. The first-order valence-corrected chi connectivity index (χ1v) is 8.13. The van der Waals surface area contributed by atoms with Gasteiger partial charge in [-0.1, -0.05) is 18.2 Å². The van der Waals surface area contributed by atoms with E-state index in [0.717, 1.165) is 12.1 Å². The summed E-state index contributed by atoms with van der Waals surface area (Å²) < 4.78 is 26.5. The summed E-state index contributed by atoms with van der Waals surface area (Å²) in [5.74, 6) is -1.34. The molecule has 146 valence electrons. The molecule has 0 aliphatic rings. The Bertz CT molecular complexity index is 818. The summed E-state index contributed by atoms with van der Waals surface area (Å²) in [6.45, 7) is 4.53. The second-order valence-corrected chi connectivity index (χ2v) is 5.66. The van der Waals surface area contributed by atoms with Crippen LogP contribution in [-0.4, -0.2) is 17.4 Å². The van der Waals surface area contributed by atoms with Gasteiger partial charge in [-0.3, -0.25) is 10.1 Å². The van der Waals surface area contributed by atoms with Gasteiger partial charge in [0.1, 0.15) is 0 Å². The zero-order valence-corrected chi connectivity index (χ0v) is 17.2. The molecule has 6 nitrogen and oxygen atoms in total. The van der Waals surface area contributed by atoms with Gasteiger partial charge in [0.15, 0.2) is 17.6 Å². The van der Waals surface area contributed by atoms with Crippen molar-refractivity contribution in [2.24, 2.45) is 4.99 Å². The van der Waals surface area contributed by atoms with Crippen molar-refractivity contribution in [2.45, 2.75) is 26.4 Å². The lowest BCUT2D eigenvalue weighted by Crippen LogP contribution is -2.38. The van der Waals surface area contributed by atoms with Crippen molar-refractivity contribution < 1.29 is 13.7 Å². The van der Waals surface area contributed by atoms with Gasteiger partial charge >= 0.3 is 0 Å². The molecule has 0 aliphatic carbocycles. The topological polar surface area (TPSA) is 79.6 Å². The molecule has 0 aliphatic heterocycles. The molecule has 9 heteroatoms. The second kappa shape index (κ2) is 10.8. The highest BCUT2D eigenvalue weighted by molar-refractivity contribution is 14.0. The smallest absolute Gasteiger partial charge is 0.269 e. The molecule has 0 spiro atoms. The summed E-state index contributed by atoms with van der Waals surface area (Å²) in [4.78, 5) is 14.8. The predicted octanol–water partition coefficient (Wildman–Crippen LogP) is 4.31. The average molecular weight is 490 g/mol. The largest absolute Gasteiger partial charge is 0.357 e. The molecule has 0 aromatic heterocycles. The van der Waals surface area contributed by atoms with Gasteiger partial charge in [-0.05, 0) is 37.1 Å². The lowest BCUT2D eigenvalue weighted by Gasteiger charge is -2.18. The van der Waals surface area contributed by atoms with Gasteiger partial charge in [-0.2, -0.15) is 0 Å². The summed E-state index contributed by atoms with van der Waals surface area (Å²) in [5.41, 5.74) is 1.27. The highest BCUT2D eigenvalue weighted by Crippen LogP contribution is 2.16. The maximum atomic E-state index is 13.4. The Hall–Kier alpha value is -2.30. The first-order chi connectivity index (χ1) is 12.4. The van der Waals surface area contributed by atoms with Crippen LogP contribution in [0.4, 0.5) is 14.5 Å². The van der Waals surface area contributed by atoms with Crippen molar-refractivity contribution in [3.63, 3.8) is 0 Å². The van der Waals surface area contributed by atoms with Crippen molar-refractivity contribution in [1.29, 1.82) is 0 Å². The Morgan fingerprint density at radius 1 is 1.22 bits per heavy atom. The molecule has 0 bridgehead atoms. The Labute approximate surface area is 173 Å². The SMILES string of the molecule is CCNC(=NCc1cccc([N+](=O)[O-])c1)NC(C)c1ccc(F)c(F)c1.I. The van der Waals surface area contributed by atoms with Gasteiger partial charge in [0.05, 0.1) is 17.5 Å². The number of benzene rings is 2. The molecule has 2 aromatic rings. The lowest BCUT2D eigenvalue weighted by molar-refractivity contribution is -0.384. The van der Waals surface area contributed by atoms with Crippen molar-refractivity contribution >= 4 is 35.6 Å². The number of nitro groups is 1. The van der Waals surface area contributed by atoms with E-state index in [-0.39, 0.29) is 42.3 Å². The second-order valence-electron chi connectivity index (χ2n) is 5.66. The summed E-state index contributed by atoms with van der Waals surface area (Å²) in [6, 6.07) is 9.64. The van der Waals surface area contributed by atoms with E-state index >= 15 is 0 Å². The summed E-state index contributed by atoms with van der Waals surface area (Å²) in [6.07, 6.45) is 0. The predicted molar refractivity (Wildman–Crippen MR) is 111 cm³/mol. The van der Waals surface area contributed by atoms with E-state index in [1.165, 1.54) is 18.2 Å². The molecule has 0 saturated heterocycles. The monoisotopic (exact) mass is 490 g/mol. The van der Waals surface area contributed by atoms with Crippen LogP contribution in [0, 0.1) is 21.7 Å². The number of non-ortho nitro benzene ring substituents is 1. The minimum absolute atomic E-state index is 0. The van der Waals surface area contributed by atoms with E-state index in [4.69, 9.17) is 0 Å². The summed E-state index contributed by atoms with van der Waals surface area (Å²) >= 11 is 0. The quantitative estimate of drug-likeness (QED) is 0.208. The summed E-state index contributed by atoms with van der Waals surface area (Å²) in [7, 11) is 0. The number of rotatable bonds is 6. The van der Waals surface area contributed by atoms with Crippen LogP contribution in [0.1, 0.15) is 31.0 Å². The Morgan fingerprint density at radius 3 is 2.59 bits per heavy atom. The molecule has 0 amide bonds. The zero-order chi connectivity index (χ0) is 19.1. The van der Waals surface area contributed by atoms with Crippen LogP contribution < -0.4 is 10.6 Å². The number of nitrogens with one attached hydrogen (secondary N) is 2. The lowest BCUT2D eigenvalue weighted by atomic mass is 10.1. The fourth-order valence-corrected chi connectivity index (χ4v) is 2.33. The number of nitro benzene ring substituents is 1. The van der Waals surface area contributed by atoms with E-state index in [0.29, 0.717) is 23.6 Å². The van der Waals surface area contributed by atoms with Crippen molar-refractivity contribution in [1.82, 2.24) is 10.6 Å². The Balaban J connectivity index is 0.00000364. The number of hydrogen-bond acceptors (Lipinski definition) is 3. The molecule has 0 heterocycles. The van der Waals surface area contributed by atoms with E-state index in [1.807, 2.05) is 6.92 Å². The van der Waals surface area contributed by atoms with Crippen LogP contribution in [-0.2, 0) is 6.54 Å². The van der Waals surface area contributed by atoms with Crippen LogP contribution in [0.3, 0.4) is 0 Å². The van der Waals surface area contributed by atoms with Gasteiger partial charge in [-0.15, -0.1) is 24.0 Å². The third-order valence-electron chi connectivity index (χ3n) is 3.68. The van der Waals surface area contributed by atoms with Gasteiger partial charge in [0.25, 0.3) is 5.69 Å². The van der Waals surface area contributed by atoms with E-state index in [2.05, 4.69) is 15.6 Å². The van der Waals surface area contributed by atoms with Crippen molar-refractivity contribution in [2.75, 3.05) is 6.54 Å². The zero-order valence-electron chi connectivity index (χ0n) is 14.9. The molecular formula is C18H21F2IN4O2. The molecule has 0 fully saturated rings. The number of aliphatic imine (C=N–C) groups is 1. The van der Waals surface area contributed by atoms with Crippen LogP contribution in [0.25, 0.3) is 0 Å². The average Bonchev–Trinajstić information content (AvgIpc) is 2.62. The van der Waals surface area contributed by atoms with E-state index in [1.54, 1.807) is 19.1 Å². The van der Waals surface area contributed by atoms with Crippen molar-refractivity contribution in [3.05, 3.63) is 75.3 Å². The fourth-order valence-electron chi connectivity index (χ4n) is 2.33. The Kier molecular flexibility index (Phi) is 9.06. The van der Waals surface area contributed by atoms with Crippen LogP contribution in [0.5, 0.6) is 0 Å². The normalized spacial score (nSPS) is 12.1. The number of hydrogen-bond donors (Lipinski definition) is 2. The van der Waals surface area contributed by atoms with Crippen LogP contribution >= 0.6 is 24.0 Å². The number of guanidine groups is 1. The third-order valence-corrected chi connectivity index (χ3v) is 3.68. The minimum atomic E-state index is -0.908. The molecule has 1 unspecified atom stereocenters. The maximum absolute atomic E-state index is 13.4. The van der Waals surface area contributed by atoms with Gasteiger partial charge in [-0.25, -0.2) is 13.8 Å². The maximum Gasteiger partial charge on any atom is 0.269 e. The number of nitrogens with zero attached hydrogens (tertiary/aromatic N) is 2. The third kappa shape index (κ3) is 6.74. The molecular weight excluding hydrogens is 469 g/mol. The number of halogens is 3. The van der Waals surface area contributed by atoms with Gasteiger partial charge < -0.3 is 10.6 Å². The molecule has 27 heavy (non-hydrogen) atoms. The minimum Gasteiger partial charge on any atom is -0.357 e. The molecule has 0 radical (unpaired) electrons. The molecule has 1 atom stereocenters. The van der Waals surface area contributed by atoms with Crippen LogP contribution in [0.15, 0.2) is 47.5 Å². The fraction of sp³-hybridized carbons (Fsp3) is 0.278. The molecule has 2 rings (SSSR count). The van der Waals surface area contributed by atoms with Gasteiger partial charge in [0, 0.05) is 18.7 Å². The molecule has 2 N–H and O–H groups in total. The first kappa shape index (κ1) is 22.7. The molecule has 0 saturated carbocycles. The summed E-state index contributed by atoms with van der Waals surface area (Å²) in [5, 5.41) is 17.0. The van der Waals surface area contributed by atoms with E-state index < -0.39 is 16.6 Å². The van der Waals surface area contributed by atoms with E-state index in [9.17, 15) is 18.9 Å². The van der Waals surface area contributed by atoms with Crippen LogP contribution in [0.2, 0.25) is 0 Å². The first-order valence-electron chi connectivity index (χ1n) is 8.13. The Morgan fingerprint density at radius 2 is 1.96 bits per heavy atom. The van der Waals surface area contributed by atoms with Crippen molar-refractivity contribution in [3.8, 4) is 0 Å². The highest BCUT2D eigenvalue weighted by atomic mass is 127. The van der Waals surface area contributed by atoms with Gasteiger partial charge in [0.2, 0.25) is 0 Å².